The first kappa shape index (κ1) is 16.0. The predicted molar refractivity (Wildman–Crippen MR) is 91.2 cm³/mol. The molecule has 0 aliphatic carbocycles. The average Bonchev–Trinajstić information content (AvgIpc) is 3.13. The van der Waals surface area contributed by atoms with E-state index in [1.807, 2.05) is 30.3 Å². The molecule has 3 aromatic rings. The molecule has 0 aliphatic heterocycles. The fraction of sp³-hybridized carbons (Fsp3) is 0.0556. The van der Waals surface area contributed by atoms with Crippen molar-refractivity contribution in [1.82, 2.24) is 10.1 Å². The highest BCUT2D eigenvalue weighted by Gasteiger charge is 2.11. The van der Waals surface area contributed by atoms with Gasteiger partial charge >= 0.3 is 5.97 Å². The molecule has 0 N–H and O–H groups in total. The lowest BCUT2D eigenvalue weighted by atomic mass is 10.1. The van der Waals surface area contributed by atoms with Crippen molar-refractivity contribution < 1.29 is 14.1 Å². The minimum absolute atomic E-state index is 0.229. The van der Waals surface area contributed by atoms with E-state index in [0.29, 0.717) is 16.4 Å². The van der Waals surface area contributed by atoms with Gasteiger partial charge in [0.05, 0.1) is 12.7 Å². The van der Waals surface area contributed by atoms with Crippen molar-refractivity contribution in [2.24, 2.45) is 0 Å². The number of methoxy groups -OCH3 is 1. The van der Waals surface area contributed by atoms with E-state index < -0.39 is 0 Å². The predicted octanol–water partition coefficient (Wildman–Crippen LogP) is 4.26. The Morgan fingerprint density at radius 1 is 1.12 bits per heavy atom. The summed E-state index contributed by atoms with van der Waals surface area (Å²) in [6.07, 6.45) is 1.69. The second-order valence-corrected chi connectivity index (χ2v) is 5.30. The maximum absolute atomic E-state index is 11.4. The number of hydrogen-bond donors (Lipinski definition) is 0. The molecule has 1 heterocycles. The summed E-state index contributed by atoms with van der Waals surface area (Å²) in [5, 5.41) is 4.24. The van der Waals surface area contributed by atoms with Crippen LogP contribution in [0.1, 0.15) is 21.8 Å². The molecule has 0 saturated heterocycles. The lowest BCUT2D eigenvalue weighted by Gasteiger charge is -1.99. The van der Waals surface area contributed by atoms with Crippen LogP contribution in [0.15, 0.2) is 59.1 Å². The zero-order valence-electron chi connectivity index (χ0n) is 12.8. The summed E-state index contributed by atoms with van der Waals surface area (Å²) in [6.45, 7) is 0. The number of carbonyl (C=O) groups is 1. The van der Waals surface area contributed by atoms with Gasteiger partial charge in [0.15, 0.2) is 0 Å². The molecule has 0 spiro atoms. The van der Waals surface area contributed by atoms with Crippen molar-refractivity contribution in [2.45, 2.75) is 0 Å². The van der Waals surface area contributed by atoms with Gasteiger partial charge in [-0.3, -0.25) is 0 Å². The van der Waals surface area contributed by atoms with E-state index in [4.69, 9.17) is 16.1 Å². The number of rotatable bonds is 4. The van der Waals surface area contributed by atoms with Gasteiger partial charge in [-0.1, -0.05) is 59.2 Å². The normalized spacial score (nSPS) is 11.3. The van der Waals surface area contributed by atoms with Crippen LogP contribution >= 0.6 is 11.6 Å². The Kier molecular flexibility index (Phi) is 4.72. The average molecular weight is 341 g/mol. The topological polar surface area (TPSA) is 65.2 Å². The van der Waals surface area contributed by atoms with Crippen molar-refractivity contribution in [2.75, 3.05) is 7.11 Å². The molecule has 2 aromatic carbocycles. The number of nitrogens with zero attached hydrogens (tertiary/aromatic N) is 2. The molecule has 120 valence electrons. The van der Waals surface area contributed by atoms with Crippen LogP contribution in [0.4, 0.5) is 0 Å². The summed E-state index contributed by atoms with van der Waals surface area (Å²) in [5.74, 6) is 0.312. The quantitative estimate of drug-likeness (QED) is 0.664. The van der Waals surface area contributed by atoms with Gasteiger partial charge < -0.3 is 9.26 Å². The number of esters is 1. The third-order valence-electron chi connectivity index (χ3n) is 3.29. The fourth-order valence-electron chi connectivity index (χ4n) is 2.07. The molecule has 0 amide bonds. The molecule has 0 aliphatic rings. The van der Waals surface area contributed by atoms with E-state index in [1.54, 1.807) is 30.3 Å². The summed E-state index contributed by atoms with van der Waals surface area (Å²) < 4.78 is 9.85. The lowest BCUT2D eigenvalue weighted by molar-refractivity contribution is 0.0600. The summed E-state index contributed by atoms with van der Waals surface area (Å²) in [5.41, 5.74) is 2.11. The molecule has 5 nitrogen and oxygen atoms in total. The van der Waals surface area contributed by atoms with Crippen LogP contribution in [-0.2, 0) is 4.74 Å². The standard InChI is InChI=1S/C18H13ClN2O3/c1-23-18(22)14-9-7-12(8-10-14)11-15(19)17-20-16(21-24-17)13-5-3-2-4-6-13/h2-11H,1H3/b15-11+. The van der Waals surface area contributed by atoms with Gasteiger partial charge in [0, 0.05) is 5.56 Å². The van der Waals surface area contributed by atoms with Crippen LogP contribution < -0.4 is 0 Å². The third kappa shape index (κ3) is 3.52. The van der Waals surface area contributed by atoms with E-state index in [2.05, 4.69) is 14.9 Å². The number of ether oxygens (including phenoxy) is 1. The van der Waals surface area contributed by atoms with Crippen molar-refractivity contribution in [3.63, 3.8) is 0 Å². The van der Waals surface area contributed by atoms with Crippen LogP contribution in [-0.4, -0.2) is 23.2 Å². The Labute approximate surface area is 143 Å². The van der Waals surface area contributed by atoms with Gasteiger partial charge in [-0.15, -0.1) is 0 Å². The Bertz CT molecular complexity index is 871. The van der Waals surface area contributed by atoms with Crippen LogP contribution in [0.5, 0.6) is 0 Å². The molecule has 1 aromatic heterocycles. The van der Waals surface area contributed by atoms with Gasteiger partial charge in [-0.05, 0) is 23.8 Å². The SMILES string of the molecule is COC(=O)c1ccc(/C=C(/Cl)c2nc(-c3ccccc3)no2)cc1. The summed E-state index contributed by atoms with van der Waals surface area (Å²) in [4.78, 5) is 15.7. The molecule has 0 saturated carbocycles. The van der Waals surface area contributed by atoms with E-state index >= 15 is 0 Å². The molecular weight excluding hydrogens is 328 g/mol. The minimum atomic E-state index is -0.388. The first-order valence-corrected chi connectivity index (χ1v) is 7.50. The molecule has 0 fully saturated rings. The lowest BCUT2D eigenvalue weighted by Crippen LogP contribution is -2.00. The minimum Gasteiger partial charge on any atom is -0.465 e. The first-order chi connectivity index (χ1) is 11.7. The fourth-order valence-corrected chi connectivity index (χ4v) is 2.27. The Morgan fingerprint density at radius 2 is 1.83 bits per heavy atom. The highest BCUT2D eigenvalue weighted by atomic mass is 35.5. The van der Waals surface area contributed by atoms with E-state index in [1.165, 1.54) is 7.11 Å². The van der Waals surface area contributed by atoms with Gasteiger partial charge in [0.1, 0.15) is 5.03 Å². The molecule has 6 heteroatoms. The van der Waals surface area contributed by atoms with Gasteiger partial charge in [0.25, 0.3) is 5.89 Å². The van der Waals surface area contributed by atoms with Crippen LogP contribution in [0.3, 0.4) is 0 Å². The molecular formula is C18H13ClN2O3. The molecule has 3 rings (SSSR count). The molecule has 0 bridgehead atoms. The molecule has 0 unspecified atom stereocenters. The highest BCUT2D eigenvalue weighted by molar-refractivity contribution is 6.50. The number of halogens is 1. The third-order valence-corrected chi connectivity index (χ3v) is 3.56. The largest absolute Gasteiger partial charge is 0.465 e. The summed E-state index contributed by atoms with van der Waals surface area (Å²) in [6, 6.07) is 16.3. The Morgan fingerprint density at radius 3 is 2.50 bits per heavy atom. The van der Waals surface area contributed by atoms with Crippen molar-refractivity contribution in [3.8, 4) is 11.4 Å². The maximum atomic E-state index is 11.4. The van der Waals surface area contributed by atoms with Crippen molar-refractivity contribution in [3.05, 3.63) is 71.6 Å². The number of hydrogen-bond acceptors (Lipinski definition) is 5. The van der Waals surface area contributed by atoms with E-state index in [-0.39, 0.29) is 11.9 Å². The summed E-state index contributed by atoms with van der Waals surface area (Å²) in [7, 11) is 1.34. The Balaban J connectivity index is 1.81. The number of aromatic nitrogens is 2. The van der Waals surface area contributed by atoms with Gasteiger partial charge in [-0.25, -0.2) is 4.79 Å². The number of carbonyl (C=O) groups excluding carboxylic acids is 1. The smallest absolute Gasteiger partial charge is 0.337 e. The van der Waals surface area contributed by atoms with Crippen LogP contribution in [0.25, 0.3) is 22.5 Å². The second kappa shape index (κ2) is 7.10. The van der Waals surface area contributed by atoms with Crippen molar-refractivity contribution in [1.29, 1.82) is 0 Å². The van der Waals surface area contributed by atoms with Crippen LogP contribution in [0, 0.1) is 0 Å². The molecule has 0 atom stereocenters. The van der Waals surface area contributed by atoms with Gasteiger partial charge in [-0.2, -0.15) is 4.98 Å². The molecule has 24 heavy (non-hydrogen) atoms. The first-order valence-electron chi connectivity index (χ1n) is 7.12. The zero-order valence-corrected chi connectivity index (χ0v) is 13.5. The summed E-state index contributed by atoms with van der Waals surface area (Å²) >= 11 is 6.24. The monoisotopic (exact) mass is 340 g/mol. The van der Waals surface area contributed by atoms with E-state index in [9.17, 15) is 4.79 Å². The molecule has 0 radical (unpaired) electrons. The maximum Gasteiger partial charge on any atom is 0.337 e. The second-order valence-electron chi connectivity index (χ2n) is 4.90. The van der Waals surface area contributed by atoms with Gasteiger partial charge in [0.2, 0.25) is 5.82 Å². The van der Waals surface area contributed by atoms with Crippen LogP contribution in [0.2, 0.25) is 0 Å². The van der Waals surface area contributed by atoms with Crippen molar-refractivity contribution >= 4 is 28.7 Å². The number of benzene rings is 2. The zero-order chi connectivity index (χ0) is 16.9. The highest BCUT2D eigenvalue weighted by Crippen LogP contribution is 2.24. The Hall–Kier alpha value is -2.92. The van der Waals surface area contributed by atoms with E-state index in [0.717, 1.165) is 11.1 Å².